The Bertz CT molecular complexity index is 777. The SMILES string of the molecule is CC(Sc1nnc2c(Cl)cc(Cl)cn12)C(=O)NC(=O)NC1CC1. The fraction of sp³-hybridized carbons (Fsp3) is 0.385. The first kappa shape index (κ1) is 16.4. The van der Waals surface area contributed by atoms with Crippen molar-refractivity contribution < 1.29 is 9.59 Å². The monoisotopic (exact) mass is 373 g/mol. The number of aromatic nitrogens is 3. The molecule has 2 heterocycles. The summed E-state index contributed by atoms with van der Waals surface area (Å²) in [5.74, 6) is -0.405. The lowest BCUT2D eigenvalue weighted by Gasteiger charge is -2.10. The van der Waals surface area contributed by atoms with Gasteiger partial charge in [0, 0.05) is 12.2 Å². The van der Waals surface area contributed by atoms with E-state index in [4.69, 9.17) is 23.2 Å². The van der Waals surface area contributed by atoms with Crippen LogP contribution in [0.4, 0.5) is 4.79 Å². The molecule has 0 spiro atoms. The van der Waals surface area contributed by atoms with Gasteiger partial charge in [-0.15, -0.1) is 10.2 Å². The molecule has 2 aromatic heterocycles. The zero-order chi connectivity index (χ0) is 16.6. The molecule has 122 valence electrons. The van der Waals surface area contributed by atoms with E-state index in [1.54, 1.807) is 23.6 Å². The molecule has 1 aliphatic rings. The van der Waals surface area contributed by atoms with Crippen molar-refractivity contribution >= 4 is 52.5 Å². The van der Waals surface area contributed by atoms with Gasteiger partial charge >= 0.3 is 6.03 Å². The van der Waals surface area contributed by atoms with E-state index in [1.165, 1.54) is 0 Å². The number of amides is 3. The van der Waals surface area contributed by atoms with Crippen LogP contribution < -0.4 is 10.6 Å². The third kappa shape index (κ3) is 3.88. The third-order valence-electron chi connectivity index (χ3n) is 3.20. The summed E-state index contributed by atoms with van der Waals surface area (Å²) < 4.78 is 1.61. The zero-order valence-corrected chi connectivity index (χ0v) is 14.4. The van der Waals surface area contributed by atoms with Crippen molar-refractivity contribution in [2.24, 2.45) is 0 Å². The highest BCUT2D eigenvalue weighted by Gasteiger charge is 2.25. The van der Waals surface area contributed by atoms with Crippen molar-refractivity contribution in [3.8, 4) is 0 Å². The van der Waals surface area contributed by atoms with Crippen LogP contribution >= 0.6 is 35.0 Å². The van der Waals surface area contributed by atoms with E-state index in [9.17, 15) is 9.59 Å². The Hall–Kier alpha value is -1.51. The van der Waals surface area contributed by atoms with E-state index in [0.717, 1.165) is 24.6 Å². The quantitative estimate of drug-likeness (QED) is 0.803. The van der Waals surface area contributed by atoms with Crippen LogP contribution in [0.5, 0.6) is 0 Å². The second kappa shape index (κ2) is 6.54. The Morgan fingerprint density at radius 2 is 2.13 bits per heavy atom. The summed E-state index contributed by atoms with van der Waals surface area (Å²) in [6.07, 6.45) is 3.54. The van der Waals surface area contributed by atoms with Crippen LogP contribution in [0.3, 0.4) is 0 Å². The predicted molar refractivity (Wildman–Crippen MR) is 88.0 cm³/mol. The van der Waals surface area contributed by atoms with Crippen LogP contribution in [0.2, 0.25) is 10.0 Å². The molecule has 0 radical (unpaired) electrons. The fourth-order valence-electron chi connectivity index (χ4n) is 1.86. The molecule has 23 heavy (non-hydrogen) atoms. The highest BCUT2D eigenvalue weighted by molar-refractivity contribution is 8.00. The summed E-state index contributed by atoms with van der Waals surface area (Å²) in [7, 11) is 0. The van der Waals surface area contributed by atoms with E-state index >= 15 is 0 Å². The highest BCUT2D eigenvalue weighted by Crippen LogP contribution is 2.27. The number of carbonyl (C=O) groups is 2. The number of urea groups is 1. The highest BCUT2D eigenvalue weighted by atomic mass is 35.5. The van der Waals surface area contributed by atoms with Crippen molar-refractivity contribution in [2.45, 2.75) is 36.2 Å². The minimum atomic E-state index is -0.537. The van der Waals surface area contributed by atoms with Gasteiger partial charge in [-0.3, -0.25) is 14.5 Å². The summed E-state index contributed by atoms with van der Waals surface area (Å²) in [5, 5.41) is 13.7. The number of fused-ring (bicyclic) bond motifs is 1. The van der Waals surface area contributed by atoms with Crippen LogP contribution in [-0.2, 0) is 4.79 Å². The molecule has 1 atom stereocenters. The number of rotatable bonds is 4. The van der Waals surface area contributed by atoms with Crippen molar-refractivity contribution in [1.82, 2.24) is 25.2 Å². The largest absolute Gasteiger partial charge is 0.335 e. The molecule has 3 rings (SSSR count). The first-order valence-corrected chi connectivity index (χ1v) is 8.55. The van der Waals surface area contributed by atoms with Crippen LogP contribution in [0.15, 0.2) is 17.4 Å². The average Bonchev–Trinajstić information content (AvgIpc) is 3.19. The van der Waals surface area contributed by atoms with Gasteiger partial charge < -0.3 is 5.32 Å². The minimum Gasteiger partial charge on any atom is -0.335 e. The third-order valence-corrected chi connectivity index (χ3v) is 4.74. The normalized spacial score (nSPS) is 15.4. The molecule has 7 nitrogen and oxygen atoms in total. The number of pyridine rings is 1. The number of halogens is 2. The van der Waals surface area contributed by atoms with Gasteiger partial charge in [0.1, 0.15) is 0 Å². The maximum Gasteiger partial charge on any atom is 0.321 e. The number of imide groups is 1. The lowest BCUT2D eigenvalue weighted by Crippen LogP contribution is -2.43. The summed E-state index contributed by atoms with van der Waals surface area (Å²) >= 11 is 13.2. The number of hydrogen-bond donors (Lipinski definition) is 2. The summed E-state index contributed by atoms with van der Waals surface area (Å²) in [5.41, 5.74) is 0.456. The molecule has 10 heteroatoms. The van der Waals surface area contributed by atoms with Crippen LogP contribution in [0.1, 0.15) is 19.8 Å². The lowest BCUT2D eigenvalue weighted by atomic mass is 10.4. The van der Waals surface area contributed by atoms with Crippen molar-refractivity contribution in [3.63, 3.8) is 0 Å². The van der Waals surface area contributed by atoms with E-state index in [1.807, 2.05) is 0 Å². The molecule has 0 aliphatic heterocycles. The van der Waals surface area contributed by atoms with Gasteiger partial charge in [0.15, 0.2) is 10.8 Å². The minimum absolute atomic E-state index is 0.190. The van der Waals surface area contributed by atoms with Gasteiger partial charge in [0.25, 0.3) is 0 Å². The molecule has 2 N–H and O–H groups in total. The summed E-state index contributed by atoms with van der Waals surface area (Å²) in [6.45, 7) is 1.68. The van der Waals surface area contributed by atoms with Crippen molar-refractivity contribution in [1.29, 1.82) is 0 Å². The van der Waals surface area contributed by atoms with Gasteiger partial charge in [-0.05, 0) is 25.8 Å². The summed E-state index contributed by atoms with van der Waals surface area (Å²) in [6, 6.07) is 1.29. The van der Waals surface area contributed by atoms with Gasteiger partial charge in [0.05, 0.1) is 15.3 Å². The van der Waals surface area contributed by atoms with E-state index in [2.05, 4.69) is 20.8 Å². The lowest BCUT2D eigenvalue weighted by molar-refractivity contribution is -0.119. The molecule has 3 amide bonds. The number of carbonyl (C=O) groups excluding carboxylic acids is 2. The molecular formula is C13H13Cl2N5O2S. The molecular weight excluding hydrogens is 361 g/mol. The van der Waals surface area contributed by atoms with Crippen LogP contribution in [0, 0.1) is 0 Å². The topological polar surface area (TPSA) is 88.4 Å². The Morgan fingerprint density at radius 1 is 1.39 bits per heavy atom. The Kier molecular flexibility index (Phi) is 4.65. The second-order valence-corrected chi connectivity index (χ2v) is 7.33. The molecule has 1 unspecified atom stereocenters. The Morgan fingerprint density at radius 3 is 2.83 bits per heavy atom. The number of nitrogens with one attached hydrogen (secondary N) is 2. The second-order valence-electron chi connectivity index (χ2n) is 5.18. The number of nitrogens with zero attached hydrogens (tertiary/aromatic N) is 3. The molecule has 2 aromatic rings. The first-order chi connectivity index (χ1) is 10.9. The maximum atomic E-state index is 12.0. The van der Waals surface area contributed by atoms with E-state index in [0.29, 0.717) is 20.8 Å². The van der Waals surface area contributed by atoms with Gasteiger partial charge in [-0.2, -0.15) is 0 Å². The van der Waals surface area contributed by atoms with Crippen molar-refractivity contribution in [3.05, 3.63) is 22.3 Å². The van der Waals surface area contributed by atoms with Crippen LogP contribution in [0.25, 0.3) is 5.65 Å². The average molecular weight is 374 g/mol. The van der Waals surface area contributed by atoms with E-state index in [-0.39, 0.29) is 6.04 Å². The number of hydrogen-bond acceptors (Lipinski definition) is 5. The Labute approximate surface area is 146 Å². The van der Waals surface area contributed by atoms with Crippen LogP contribution in [-0.4, -0.2) is 37.8 Å². The van der Waals surface area contributed by atoms with Crippen molar-refractivity contribution in [2.75, 3.05) is 0 Å². The zero-order valence-electron chi connectivity index (χ0n) is 12.0. The maximum absolute atomic E-state index is 12.0. The Balaban J connectivity index is 1.68. The van der Waals surface area contributed by atoms with Gasteiger partial charge in [0.2, 0.25) is 5.91 Å². The molecule has 1 aliphatic carbocycles. The molecule has 0 aromatic carbocycles. The van der Waals surface area contributed by atoms with Gasteiger partial charge in [-0.1, -0.05) is 35.0 Å². The standard InChI is InChI=1S/C13H13Cl2N5O2S/c1-6(11(21)17-12(22)16-8-2-3-8)23-13-19-18-10-9(15)4-7(14)5-20(10)13/h4-6,8H,2-3H2,1H3,(H2,16,17,21,22). The molecule has 1 saturated carbocycles. The van der Waals surface area contributed by atoms with E-state index < -0.39 is 17.2 Å². The fourth-order valence-corrected chi connectivity index (χ4v) is 3.19. The number of thioether (sulfide) groups is 1. The summed E-state index contributed by atoms with van der Waals surface area (Å²) in [4.78, 5) is 23.6. The van der Waals surface area contributed by atoms with Gasteiger partial charge in [-0.25, -0.2) is 4.79 Å². The molecule has 1 fully saturated rings. The first-order valence-electron chi connectivity index (χ1n) is 6.92. The molecule has 0 saturated heterocycles. The molecule has 0 bridgehead atoms. The smallest absolute Gasteiger partial charge is 0.321 e. The predicted octanol–water partition coefficient (Wildman–Crippen LogP) is 2.50.